The minimum atomic E-state index is 0.206. The summed E-state index contributed by atoms with van der Waals surface area (Å²) in [5.41, 5.74) is 1.19. The van der Waals surface area contributed by atoms with Crippen LogP contribution in [0.3, 0.4) is 0 Å². The number of carbonyl (C=O) groups is 1. The number of nitrogens with zero attached hydrogens (tertiary/aromatic N) is 2. The lowest BCUT2D eigenvalue weighted by Crippen LogP contribution is -2.50. The summed E-state index contributed by atoms with van der Waals surface area (Å²) < 4.78 is 5.17. The van der Waals surface area contributed by atoms with Crippen molar-refractivity contribution in [1.29, 1.82) is 0 Å². The van der Waals surface area contributed by atoms with Crippen molar-refractivity contribution in [3.05, 3.63) is 24.3 Å². The third-order valence-electron chi connectivity index (χ3n) is 3.77. The zero-order valence-electron chi connectivity index (χ0n) is 13.0. The molecule has 1 aromatic rings. The molecule has 0 spiro atoms. The van der Waals surface area contributed by atoms with Gasteiger partial charge in [0.1, 0.15) is 5.75 Å². The van der Waals surface area contributed by atoms with Crippen LogP contribution in [0.1, 0.15) is 13.3 Å². The quantitative estimate of drug-likeness (QED) is 0.804. The van der Waals surface area contributed by atoms with Gasteiger partial charge >= 0.3 is 0 Å². The van der Waals surface area contributed by atoms with Crippen molar-refractivity contribution in [3.63, 3.8) is 0 Å². The zero-order chi connectivity index (χ0) is 15.1. The monoisotopic (exact) mass is 291 g/mol. The van der Waals surface area contributed by atoms with Gasteiger partial charge in [0.15, 0.2) is 0 Å². The highest BCUT2D eigenvalue weighted by atomic mass is 16.5. The lowest BCUT2D eigenvalue weighted by molar-refractivity contribution is -0.130. The Morgan fingerprint density at radius 1 is 1.19 bits per heavy atom. The second kappa shape index (κ2) is 7.88. The highest BCUT2D eigenvalue weighted by Crippen LogP contribution is 2.20. The van der Waals surface area contributed by atoms with Crippen LogP contribution in [0.4, 0.5) is 5.69 Å². The number of anilines is 1. The number of hydrogen-bond donors (Lipinski definition) is 1. The Hall–Kier alpha value is -1.75. The largest absolute Gasteiger partial charge is 0.497 e. The van der Waals surface area contributed by atoms with Gasteiger partial charge in [-0.2, -0.15) is 0 Å². The van der Waals surface area contributed by atoms with Crippen molar-refractivity contribution in [2.45, 2.75) is 13.3 Å². The molecule has 1 aliphatic heterocycles. The van der Waals surface area contributed by atoms with E-state index in [1.54, 1.807) is 7.11 Å². The molecule has 1 aromatic carbocycles. The number of benzene rings is 1. The van der Waals surface area contributed by atoms with E-state index in [2.05, 4.69) is 29.3 Å². The first-order chi connectivity index (χ1) is 10.2. The number of nitrogens with one attached hydrogen (secondary N) is 1. The SMILES string of the molecule is CCCNCC(=O)N1CCN(c2ccc(OC)cc2)CC1. The van der Waals surface area contributed by atoms with E-state index in [9.17, 15) is 4.79 Å². The van der Waals surface area contributed by atoms with Gasteiger partial charge in [0.2, 0.25) is 5.91 Å². The van der Waals surface area contributed by atoms with Crippen LogP contribution in [-0.2, 0) is 4.79 Å². The summed E-state index contributed by atoms with van der Waals surface area (Å²) in [5, 5.41) is 3.17. The van der Waals surface area contributed by atoms with Crippen molar-refractivity contribution in [2.24, 2.45) is 0 Å². The number of carbonyl (C=O) groups excluding carboxylic acids is 1. The van der Waals surface area contributed by atoms with Gasteiger partial charge in [-0.25, -0.2) is 0 Å². The molecule has 21 heavy (non-hydrogen) atoms. The molecule has 5 nitrogen and oxygen atoms in total. The molecule has 5 heteroatoms. The van der Waals surface area contributed by atoms with E-state index in [-0.39, 0.29) is 5.91 Å². The smallest absolute Gasteiger partial charge is 0.236 e. The van der Waals surface area contributed by atoms with Crippen LogP contribution >= 0.6 is 0 Å². The van der Waals surface area contributed by atoms with Gasteiger partial charge in [0, 0.05) is 31.9 Å². The molecule has 1 amide bonds. The average Bonchev–Trinajstić information content (AvgIpc) is 2.55. The van der Waals surface area contributed by atoms with E-state index in [1.807, 2.05) is 17.0 Å². The molecule has 116 valence electrons. The Balaban J connectivity index is 1.80. The molecule has 0 bridgehead atoms. The third kappa shape index (κ3) is 4.36. The molecular formula is C16H25N3O2. The normalized spacial score (nSPS) is 15.1. The minimum absolute atomic E-state index is 0.206. The number of hydrogen-bond acceptors (Lipinski definition) is 4. The summed E-state index contributed by atoms with van der Waals surface area (Å²) >= 11 is 0. The van der Waals surface area contributed by atoms with Crippen LogP contribution in [0.15, 0.2) is 24.3 Å². The molecule has 1 N–H and O–H groups in total. The number of amides is 1. The summed E-state index contributed by atoms with van der Waals surface area (Å²) in [6.07, 6.45) is 1.05. The molecule has 0 atom stereocenters. The molecule has 1 heterocycles. The van der Waals surface area contributed by atoms with E-state index in [0.29, 0.717) is 6.54 Å². The first-order valence-electron chi connectivity index (χ1n) is 7.62. The van der Waals surface area contributed by atoms with E-state index < -0.39 is 0 Å². The zero-order valence-corrected chi connectivity index (χ0v) is 13.0. The maximum atomic E-state index is 12.0. The Labute approximate surface area is 126 Å². The van der Waals surface area contributed by atoms with Crippen LogP contribution < -0.4 is 15.0 Å². The number of methoxy groups -OCH3 is 1. The van der Waals surface area contributed by atoms with Crippen LogP contribution in [0.25, 0.3) is 0 Å². The van der Waals surface area contributed by atoms with Crippen molar-refractivity contribution < 1.29 is 9.53 Å². The van der Waals surface area contributed by atoms with Crippen molar-refractivity contribution in [1.82, 2.24) is 10.2 Å². The average molecular weight is 291 g/mol. The number of piperazine rings is 1. The molecule has 1 fully saturated rings. The molecule has 0 radical (unpaired) electrons. The maximum absolute atomic E-state index is 12.0. The second-order valence-electron chi connectivity index (χ2n) is 5.24. The maximum Gasteiger partial charge on any atom is 0.236 e. The Morgan fingerprint density at radius 3 is 2.43 bits per heavy atom. The van der Waals surface area contributed by atoms with E-state index in [4.69, 9.17) is 4.74 Å². The van der Waals surface area contributed by atoms with Crippen LogP contribution in [-0.4, -0.2) is 57.2 Å². The lowest BCUT2D eigenvalue weighted by atomic mass is 10.2. The molecule has 0 saturated carbocycles. The fourth-order valence-electron chi connectivity index (χ4n) is 2.49. The highest BCUT2D eigenvalue weighted by molar-refractivity contribution is 5.78. The molecular weight excluding hydrogens is 266 g/mol. The lowest BCUT2D eigenvalue weighted by Gasteiger charge is -2.36. The van der Waals surface area contributed by atoms with Gasteiger partial charge < -0.3 is 19.9 Å². The summed E-state index contributed by atoms with van der Waals surface area (Å²) in [7, 11) is 1.67. The van der Waals surface area contributed by atoms with Crippen LogP contribution in [0.2, 0.25) is 0 Å². The van der Waals surface area contributed by atoms with Gasteiger partial charge in [0.25, 0.3) is 0 Å². The fourth-order valence-corrected chi connectivity index (χ4v) is 2.49. The van der Waals surface area contributed by atoms with Gasteiger partial charge in [-0.15, -0.1) is 0 Å². The second-order valence-corrected chi connectivity index (χ2v) is 5.24. The molecule has 1 aliphatic rings. The summed E-state index contributed by atoms with van der Waals surface area (Å²) in [5.74, 6) is 1.08. The fraction of sp³-hybridized carbons (Fsp3) is 0.562. The molecule has 0 aromatic heterocycles. The van der Waals surface area contributed by atoms with Crippen LogP contribution in [0.5, 0.6) is 5.75 Å². The molecule has 0 aliphatic carbocycles. The molecule has 1 saturated heterocycles. The standard InChI is InChI=1S/C16H25N3O2/c1-3-8-17-13-16(20)19-11-9-18(10-12-19)14-4-6-15(21-2)7-5-14/h4-7,17H,3,8-13H2,1-2H3. The number of rotatable bonds is 6. The van der Waals surface area contributed by atoms with E-state index in [0.717, 1.165) is 44.9 Å². The summed E-state index contributed by atoms with van der Waals surface area (Å²) in [4.78, 5) is 16.3. The minimum Gasteiger partial charge on any atom is -0.497 e. The number of ether oxygens (including phenoxy) is 1. The third-order valence-corrected chi connectivity index (χ3v) is 3.77. The topological polar surface area (TPSA) is 44.8 Å². The predicted molar refractivity (Wildman–Crippen MR) is 84.9 cm³/mol. The van der Waals surface area contributed by atoms with Gasteiger partial charge in [-0.05, 0) is 37.2 Å². The first-order valence-corrected chi connectivity index (χ1v) is 7.62. The summed E-state index contributed by atoms with van der Waals surface area (Å²) in [6.45, 7) is 6.80. The molecule has 2 rings (SSSR count). The Morgan fingerprint density at radius 2 is 1.86 bits per heavy atom. The van der Waals surface area contributed by atoms with Gasteiger partial charge in [-0.1, -0.05) is 6.92 Å². The van der Waals surface area contributed by atoms with Crippen molar-refractivity contribution in [2.75, 3.05) is 51.3 Å². The molecule has 0 unspecified atom stereocenters. The van der Waals surface area contributed by atoms with E-state index in [1.165, 1.54) is 5.69 Å². The van der Waals surface area contributed by atoms with E-state index >= 15 is 0 Å². The van der Waals surface area contributed by atoms with Crippen molar-refractivity contribution >= 4 is 11.6 Å². The Bertz CT molecular complexity index is 439. The van der Waals surface area contributed by atoms with Crippen LogP contribution in [0, 0.1) is 0 Å². The Kier molecular flexibility index (Phi) is 5.87. The van der Waals surface area contributed by atoms with Crippen molar-refractivity contribution in [3.8, 4) is 5.75 Å². The summed E-state index contributed by atoms with van der Waals surface area (Å²) in [6, 6.07) is 8.08. The first kappa shape index (κ1) is 15.6. The van der Waals surface area contributed by atoms with Gasteiger partial charge in [0.05, 0.1) is 13.7 Å². The predicted octanol–water partition coefficient (Wildman–Crippen LogP) is 1.34. The highest BCUT2D eigenvalue weighted by Gasteiger charge is 2.20. The van der Waals surface area contributed by atoms with Gasteiger partial charge in [-0.3, -0.25) is 4.79 Å².